The maximum Gasteiger partial charge on any atom is 0.237 e. The zero-order valence-corrected chi connectivity index (χ0v) is 21.1. The van der Waals surface area contributed by atoms with Gasteiger partial charge >= 0.3 is 0 Å². The van der Waals surface area contributed by atoms with Crippen molar-refractivity contribution < 1.29 is 14.6 Å². The van der Waals surface area contributed by atoms with Gasteiger partial charge in [-0.15, -0.1) is 11.3 Å². The van der Waals surface area contributed by atoms with Gasteiger partial charge < -0.3 is 14.7 Å². The summed E-state index contributed by atoms with van der Waals surface area (Å²) in [5.41, 5.74) is 4.37. The number of aryl methyl sites for hydroxylation is 2. The normalized spacial score (nSPS) is 16.4. The molecule has 0 saturated carbocycles. The molecular formula is C28H34N2O3S. The van der Waals surface area contributed by atoms with Gasteiger partial charge in [0.15, 0.2) is 0 Å². The molecule has 2 heterocycles. The van der Waals surface area contributed by atoms with Gasteiger partial charge in [-0.2, -0.15) is 0 Å². The second kappa shape index (κ2) is 11.2. The summed E-state index contributed by atoms with van der Waals surface area (Å²) in [4.78, 5) is 18.8. The summed E-state index contributed by atoms with van der Waals surface area (Å²) in [5.74, 6) is 0.940. The predicted molar refractivity (Wildman–Crippen MR) is 137 cm³/mol. The van der Waals surface area contributed by atoms with Crippen molar-refractivity contribution in [2.45, 2.75) is 39.3 Å². The highest BCUT2D eigenvalue weighted by Crippen LogP contribution is 2.34. The zero-order valence-electron chi connectivity index (χ0n) is 20.2. The Morgan fingerprint density at radius 1 is 1.21 bits per heavy atom. The molecule has 1 N–H and O–H groups in total. The molecule has 0 bridgehead atoms. The Balaban J connectivity index is 1.46. The molecule has 1 amide bonds. The number of carbonyl (C=O) groups excluding carboxylic acids is 1. The van der Waals surface area contributed by atoms with E-state index in [0.717, 1.165) is 23.3 Å². The van der Waals surface area contributed by atoms with Crippen molar-refractivity contribution in [3.63, 3.8) is 0 Å². The molecule has 0 saturated heterocycles. The van der Waals surface area contributed by atoms with Gasteiger partial charge in [-0.25, -0.2) is 0 Å². The zero-order chi connectivity index (χ0) is 24.1. The number of thiophene rings is 1. The van der Waals surface area contributed by atoms with E-state index in [9.17, 15) is 9.90 Å². The summed E-state index contributed by atoms with van der Waals surface area (Å²) in [6.45, 7) is 8.66. The third kappa shape index (κ3) is 5.69. The first-order valence-electron chi connectivity index (χ1n) is 12.0. The lowest BCUT2D eigenvalue weighted by Gasteiger charge is -2.37. The first kappa shape index (κ1) is 24.5. The number of hydrogen-bond donors (Lipinski definition) is 1. The molecule has 6 heteroatoms. The summed E-state index contributed by atoms with van der Waals surface area (Å²) in [7, 11) is 0. The molecule has 180 valence electrons. The van der Waals surface area contributed by atoms with E-state index in [0.29, 0.717) is 26.2 Å². The number of ether oxygens (including phenoxy) is 1. The first-order valence-corrected chi connectivity index (χ1v) is 12.9. The molecule has 0 unspecified atom stereocenters. The highest BCUT2D eigenvalue weighted by atomic mass is 32.1. The molecule has 34 heavy (non-hydrogen) atoms. The van der Waals surface area contributed by atoms with Crippen molar-refractivity contribution in [3.05, 3.63) is 87.1 Å². The summed E-state index contributed by atoms with van der Waals surface area (Å²) < 4.78 is 6.25. The van der Waals surface area contributed by atoms with Gasteiger partial charge in [0.1, 0.15) is 12.4 Å². The number of amides is 1. The molecule has 0 radical (unpaired) electrons. The van der Waals surface area contributed by atoms with Gasteiger partial charge in [-0.1, -0.05) is 55.0 Å². The van der Waals surface area contributed by atoms with Crippen LogP contribution in [0.2, 0.25) is 0 Å². The van der Waals surface area contributed by atoms with Crippen molar-refractivity contribution >= 4 is 17.2 Å². The Hall–Kier alpha value is -2.67. The summed E-state index contributed by atoms with van der Waals surface area (Å²) in [5, 5.41) is 12.8. The first-order chi connectivity index (χ1) is 16.5. The number of hydrogen-bond acceptors (Lipinski definition) is 5. The van der Waals surface area contributed by atoms with E-state index < -0.39 is 6.10 Å². The van der Waals surface area contributed by atoms with E-state index in [1.54, 1.807) is 11.3 Å². The third-order valence-corrected chi connectivity index (χ3v) is 7.56. The number of fused-ring (bicyclic) bond motifs is 1. The van der Waals surface area contributed by atoms with Crippen LogP contribution in [0.25, 0.3) is 0 Å². The van der Waals surface area contributed by atoms with Crippen molar-refractivity contribution in [2.75, 3.05) is 32.8 Å². The lowest BCUT2D eigenvalue weighted by Crippen LogP contribution is -2.47. The number of nitrogens with zero attached hydrogens (tertiary/aromatic N) is 2. The number of rotatable bonds is 9. The van der Waals surface area contributed by atoms with Crippen molar-refractivity contribution in [1.82, 2.24) is 9.80 Å². The van der Waals surface area contributed by atoms with Gasteiger partial charge in [-0.3, -0.25) is 9.69 Å². The van der Waals surface area contributed by atoms with E-state index >= 15 is 0 Å². The monoisotopic (exact) mass is 478 g/mol. The average molecular weight is 479 g/mol. The summed E-state index contributed by atoms with van der Waals surface area (Å²) in [6.07, 6.45) is 0.250. The molecule has 2 atom stereocenters. The van der Waals surface area contributed by atoms with Crippen molar-refractivity contribution in [2.24, 2.45) is 0 Å². The molecule has 0 spiro atoms. The maximum absolute atomic E-state index is 13.5. The van der Waals surface area contributed by atoms with E-state index in [1.807, 2.05) is 53.1 Å². The van der Waals surface area contributed by atoms with Gasteiger partial charge in [0.05, 0.1) is 18.7 Å². The summed E-state index contributed by atoms with van der Waals surface area (Å²) in [6, 6.07) is 17.8. The minimum absolute atomic E-state index is 0.0770. The molecule has 2 aromatic carbocycles. The fourth-order valence-electron chi connectivity index (χ4n) is 4.62. The van der Waals surface area contributed by atoms with E-state index in [-0.39, 0.29) is 18.5 Å². The van der Waals surface area contributed by atoms with Crippen LogP contribution in [0.1, 0.15) is 46.2 Å². The Morgan fingerprint density at radius 2 is 2.00 bits per heavy atom. The number of aliphatic hydroxyl groups excluding tert-OH is 1. The molecular weight excluding hydrogens is 444 g/mol. The van der Waals surface area contributed by atoms with Crippen LogP contribution in [-0.4, -0.2) is 53.6 Å². The number of aliphatic hydroxyl groups is 1. The Morgan fingerprint density at radius 3 is 2.74 bits per heavy atom. The smallest absolute Gasteiger partial charge is 0.237 e. The third-order valence-electron chi connectivity index (χ3n) is 6.56. The van der Waals surface area contributed by atoms with Crippen LogP contribution in [0.5, 0.6) is 5.75 Å². The minimum Gasteiger partial charge on any atom is -0.491 e. The number of benzene rings is 2. The highest BCUT2D eigenvalue weighted by Gasteiger charge is 2.33. The molecule has 3 aromatic rings. The topological polar surface area (TPSA) is 53.0 Å². The van der Waals surface area contributed by atoms with Gasteiger partial charge in [0, 0.05) is 18.0 Å². The maximum atomic E-state index is 13.5. The fourth-order valence-corrected chi connectivity index (χ4v) is 5.55. The Bertz CT molecular complexity index is 1100. The molecule has 0 fully saturated rings. The van der Waals surface area contributed by atoms with Crippen LogP contribution in [0, 0.1) is 13.8 Å². The van der Waals surface area contributed by atoms with Gasteiger partial charge in [0.25, 0.3) is 0 Å². The molecule has 1 aliphatic rings. The molecule has 0 aliphatic carbocycles. The minimum atomic E-state index is -0.623. The SMILES string of the molecule is CCN(CC(=O)N1CCc2sccc2[C@@H]1COc1ccc(C)cc1C)C[C@@H](O)c1ccccc1. The lowest BCUT2D eigenvalue weighted by molar-refractivity contribution is -0.136. The van der Waals surface area contributed by atoms with Crippen LogP contribution < -0.4 is 4.74 Å². The Kier molecular flexibility index (Phi) is 8.03. The van der Waals surface area contributed by atoms with Gasteiger partial charge in [-0.05, 0) is 61.0 Å². The highest BCUT2D eigenvalue weighted by molar-refractivity contribution is 7.10. The van der Waals surface area contributed by atoms with Crippen LogP contribution >= 0.6 is 11.3 Å². The number of carbonyl (C=O) groups is 1. The van der Waals surface area contributed by atoms with Crippen LogP contribution in [-0.2, 0) is 11.2 Å². The van der Waals surface area contributed by atoms with Crippen LogP contribution in [0.15, 0.2) is 60.0 Å². The molecule has 4 rings (SSSR count). The van der Waals surface area contributed by atoms with Crippen LogP contribution in [0.3, 0.4) is 0 Å². The average Bonchev–Trinajstić information content (AvgIpc) is 3.32. The lowest BCUT2D eigenvalue weighted by atomic mass is 10.00. The van der Waals surface area contributed by atoms with Gasteiger partial charge in [0.2, 0.25) is 5.91 Å². The van der Waals surface area contributed by atoms with E-state index in [4.69, 9.17) is 4.74 Å². The standard InChI is InChI=1S/C28H34N2O3S/c1-4-29(17-25(31)22-8-6-5-7-9-22)18-28(32)30-14-12-27-23(13-15-34-27)24(30)19-33-26-11-10-20(2)16-21(26)3/h5-11,13,15-16,24-25,31H,4,12,14,17-19H2,1-3H3/t24-,25+/m0/s1. The fraction of sp³-hybridized carbons (Fsp3) is 0.393. The quantitative estimate of drug-likeness (QED) is 0.474. The molecule has 5 nitrogen and oxygen atoms in total. The largest absolute Gasteiger partial charge is 0.491 e. The van der Waals surface area contributed by atoms with E-state index in [2.05, 4.69) is 37.4 Å². The second-order valence-electron chi connectivity index (χ2n) is 8.99. The number of likely N-dealkylation sites (N-methyl/N-ethyl adjacent to an activating group) is 1. The van der Waals surface area contributed by atoms with E-state index in [1.165, 1.54) is 16.0 Å². The summed E-state index contributed by atoms with van der Waals surface area (Å²) >= 11 is 1.76. The van der Waals surface area contributed by atoms with Crippen LogP contribution in [0.4, 0.5) is 0 Å². The molecule has 1 aromatic heterocycles. The second-order valence-corrected chi connectivity index (χ2v) is 9.99. The Labute approximate surface area is 206 Å². The molecule has 1 aliphatic heterocycles. The predicted octanol–water partition coefficient (Wildman–Crippen LogP) is 4.93. The van der Waals surface area contributed by atoms with Crippen molar-refractivity contribution in [3.8, 4) is 5.75 Å². The van der Waals surface area contributed by atoms with Crippen molar-refractivity contribution in [1.29, 1.82) is 0 Å².